The van der Waals surface area contributed by atoms with Crippen molar-refractivity contribution in [2.75, 3.05) is 52.5 Å². The van der Waals surface area contributed by atoms with Crippen molar-refractivity contribution in [1.29, 1.82) is 0 Å². The zero-order valence-corrected chi connectivity index (χ0v) is 25.5. The summed E-state index contributed by atoms with van der Waals surface area (Å²) in [6.45, 7) is 20.1. The maximum atomic E-state index is 13.1. The van der Waals surface area contributed by atoms with E-state index in [4.69, 9.17) is 9.47 Å². The molecule has 0 aliphatic carbocycles. The number of carbonyl (C=O) groups excluding carboxylic acids is 1. The Balaban J connectivity index is 2.04. The minimum atomic E-state index is -0.249. The van der Waals surface area contributed by atoms with E-state index in [9.17, 15) is 9.90 Å². The molecule has 0 spiro atoms. The largest absolute Gasteiger partial charge is 0.507 e. The highest BCUT2D eigenvalue weighted by Crippen LogP contribution is 2.33. The van der Waals surface area contributed by atoms with Gasteiger partial charge in [0.15, 0.2) is 5.78 Å². The zero-order valence-electron chi connectivity index (χ0n) is 25.5. The molecule has 1 N–H and O–H groups in total. The van der Waals surface area contributed by atoms with E-state index in [2.05, 4.69) is 37.5 Å². The molecule has 0 radical (unpaired) electrons. The number of phenolic OH excluding ortho intramolecular Hbond substituents is 1. The molecule has 0 saturated carbocycles. The monoisotopic (exact) mass is 550 g/mol. The molecule has 0 aromatic heterocycles. The maximum absolute atomic E-state index is 13.1. The van der Waals surface area contributed by atoms with Crippen LogP contribution in [0.2, 0.25) is 0 Å². The topological polar surface area (TPSA) is 62.2 Å². The number of phenols is 1. The fraction of sp³-hybridized carbons (Fsp3) is 0.500. The Morgan fingerprint density at radius 2 is 1.40 bits per heavy atom. The van der Waals surface area contributed by atoms with Crippen molar-refractivity contribution >= 4 is 11.9 Å². The van der Waals surface area contributed by atoms with Crippen molar-refractivity contribution in [3.05, 3.63) is 70.8 Å². The van der Waals surface area contributed by atoms with Crippen LogP contribution < -0.4 is 9.47 Å². The summed E-state index contributed by atoms with van der Waals surface area (Å²) in [5.41, 5.74) is 2.95. The lowest BCUT2D eigenvalue weighted by Gasteiger charge is -2.18. The first-order valence-corrected chi connectivity index (χ1v) is 14.8. The summed E-state index contributed by atoms with van der Waals surface area (Å²) in [6, 6.07) is 11.2. The summed E-state index contributed by atoms with van der Waals surface area (Å²) in [5, 5.41) is 11.1. The summed E-state index contributed by atoms with van der Waals surface area (Å²) in [6.07, 6.45) is 7.69. The molecule has 0 aliphatic heterocycles. The number of hydrogen-bond acceptors (Lipinski definition) is 6. The number of ketones is 1. The minimum absolute atomic E-state index is 0.0122. The molecule has 0 unspecified atom stereocenters. The van der Waals surface area contributed by atoms with Gasteiger partial charge in [0, 0.05) is 18.7 Å². The number of ether oxygens (including phenoxy) is 2. The smallest absolute Gasteiger partial charge is 0.189 e. The van der Waals surface area contributed by atoms with Crippen molar-refractivity contribution in [1.82, 2.24) is 9.80 Å². The highest BCUT2D eigenvalue weighted by atomic mass is 16.5. The number of aromatic hydroxyl groups is 1. The van der Waals surface area contributed by atoms with Gasteiger partial charge in [0.25, 0.3) is 0 Å². The van der Waals surface area contributed by atoms with E-state index < -0.39 is 0 Å². The lowest BCUT2D eigenvalue weighted by atomic mass is 10.00. The summed E-state index contributed by atoms with van der Waals surface area (Å²) >= 11 is 0. The second-order valence-corrected chi connectivity index (χ2v) is 10.1. The third-order valence-electron chi connectivity index (χ3n) is 7.08. The van der Waals surface area contributed by atoms with Crippen LogP contribution >= 0.6 is 0 Å². The van der Waals surface area contributed by atoms with Crippen LogP contribution in [0.5, 0.6) is 17.2 Å². The van der Waals surface area contributed by atoms with Crippen LogP contribution in [0.25, 0.3) is 6.08 Å². The number of allylic oxidation sites excluding steroid dienone is 3. The van der Waals surface area contributed by atoms with Gasteiger partial charge in [0.2, 0.25) is 0 Å². The van der Waals surface area contributed by atoms with Crippen LogP contribution in [-0.2, 0) is 6.42 Å². The van der Waals surface area contributed by atoms with Crippen LogP contribution in [0.1, 0.15) is 75.9 Å². The fourth-order valence-electron chi connectivity index (χ4n) is 4.42. The van der Waals surface area contributed by atoms with Gasteiger partial charge in [-0.25, -0.2) is 0 Å². The predicted molar refractivity (Wildman–Crippen MR) is 167 cm³/mol. The van der Waals surface area contributed by atoms with Gasteiger partial charge in [0.1, 0.15) is 17.2 Å². The van der Waals surface area contributed by atoms with E-state index in [-0.39, 0.29) is 17.1 Å². The van der Waals surface area contributed by atoms with Gasteiger partial charge >= 0.3 is 0 Å². The molecule has 2 rings (SSSR count). The first-order valence-electron chi connectivity index (χ1n) is 14.8. The third kappa shape index (κ3) is 11.2. The van der Waals surface area contributed by atoms with Crippen LogP contribution in [0.4, 0.5) is 0 Å². The van der Waals surface area contributed by atoms with Gasteiger partial charge < -0.3 is 24.4 Å². The number of benzene rings is 2. The lowest BCUT2D eigenvalue weighted by Crippen LogP contribution is -2.25. The average molecular weight is 551 g/mol. The second-order valence-electron chi connectivity index (χ2n) is 10.1. The molecule has 0 heterocycles. The molecule has 0 saturated heterocycles. The molecule has 40 heavy (non-hydrogen) atoms. The van der Waals surface area contributed by atoms with Gasteiger partial charge in [-0.2, -0.15) is 0 Å². The first kappa shape index (κ1) is 33.1. The number of rotatable bonds is 19. The number of carbonyl (C=O) groups is 1. The Kier molecular flexibility index (Phi) is 15.1. The SMILES string of the molecule is CCN(CC)CCCOc1ccc(/C=C/C(=O)c2ccc(OCCCN(CC)CC)c(CC=C(C)C)c2O)cc1. The zero-order chi connectivity index (χ0) is 29.3. The molecule has 0 aliphatic rings. The third-order valence-corrected chi connectivity index (χ3v) is 7.08. The Morgan fingerprint density at radius 1 is 0.825 bits per heavy atom. The summed E-state index contributed by atoms with van der Waals surface area (Å²) < 4.78 is 11.9. The molecular weight excluding hydrogens is 500 g/mol. The minimum Gasteiger partial charge on any atom is -0.507 e. The standard InChI is InChI=1S/C34H50N2O4/c1-7-35(8-2)23-11-25-39-29-17-14-28(15-18-29)16-21-32(37)30-20-22-33(31(34(30)38)19-13-27(5)6)40-26-12-24-36(9-3)10-4/h13-18,20-22,38H,7-12,19,23-26H2,1-6H3/b21-16+. The fourth-order valence-corrected chi connectivity index (χ4v) is 4.42. The van der Waals surface area contributed by atoms with E-state index in [0.29, 0.717) is 30.9 Å². The quantitative estimate of drug-likeness (QED) is 0.0878. The summed E-state index contributed by atoms with van der Waals surface area (Å²) in [7, 11) is 0. The van der Waals surface area contributed by atoms with Crippen LogP contribution in [-0.4, -0.2) is 73.2 Å². The Morgan fingerprint density at radius 3 is 1.95 bits per heavy atom. The van der Waals surface area contributed by atoms with Crippen molar-refractivity contribution in [3.63, 3.8) is 0 Å². The van der Waals surface area contributed by atoms with E-state index >= 15 is 0 Å². The molecule has 0 atom stereocenters. The van der Waals surface area contributed by atoms with Crippen molar-refractivity contribution in [2.24, 2.45) is 0 Å². The molecular formula is C34H50N2O4. The van der Waals surface area contributed by atoms with Crippen LogP contribution in [0.15, 0.2) is 54.1 Å². The highest BCUT2D eigenvalue weighted by molar-refractivity contribution is 6.09. The lowest BCUT2D eigenvalue weighted by molar-refractivity contribution is 0.104. The molecule has 0 bridgehead atoms. The van der Waals surface area contributed by atoms with Gasteiger partial charge in [-0.1, -0.05) is 57.6 Å². The van der Waals surface area contributed by atoms with Crippen molar-refractivity contribution in [3.8, 4) is 17.2 Å². The second kappa shape index (κ2) is 18.3. The molecule has 0 amide bonds. The van der Waals surface area contributed by atoms with Crippen LogP contribution in [0, 0.1) is 0 Å². The number of hydrogen-bond donors (Lipinski definition) is 1. The van der Waals surface area contributed by atoms with Crippen molar-refractivity contribution in [2.45, 2.75) is 60.8 Å². The normalized spacial score (nSPS) is 11.4. The van der Waals surface area contributed by atoms with Crippen molar-refractivity contribution < 1.29 is 19.4 Å². The molecule has 6 heteroatoms. The summed E-state index contributed by atoms with van der Waals surface area (Å²) in [4.78, 5) is 17.8. The van der Waals surface area contributed by atoms with Gasteiger partial charge in [0.05, 0.1) is 18.8 Å². The van der Waals surface area contributed by atoms with Gasteiger partial charge in [-0.05, 0) is 95.2 Å². The molecule has 2 aromatic carbocycles. The molecule has 6 nitrogen and oxygen atoms in total. The molecule has 0 fully saturated rings. The Bertz CT molecular complexity index is 1080. The van der Waals surface area contributed by atoms with Gasteiger partial charge in [-0.3, -0.25) is 4.79 Å². The number of nitrogens with zero attached hydrogens (tertiary/aromatic N) is 2. The van der Waals surface area contributed by atoms with Gasteiger partial charge in [-0.15, -0.1) is 0 Å². The first-order chi connectivity index (χ1) is 19.3. The highest BCUT2D eigenvalue weighted by Gasteiger charge is 2.17. The van der Waals surface area contributed by atoms with Crippen LogP contribution in [0.3, 0.4) is 0 Å². The summed E-state index contributed by atoms with van der Waals surface area (Å²) in [5.74, 6) is 1.18. The molecule has 220 valence electrons. The average Bonchev–Trinajstić information content (AvgIpc) is 2.96. The Hall–Kier alpha value is -3.09. The van der Waals surface area contributed by atoms with E-state index in [1.807, 2.05) is 44.2 Å². The predicted octanol–water partition coefficient (Wildman–Crippen LogP) is 7.02. The molecule has 2 aromatic rings. The van der Waals surface area contributed by atoms with E-state index in [1.165, 1.54) is 6.08 Å². The van der Waals surface area contributed by atoms with E-state index in [1.54, 1.807) is 18.2 Å². The Labute approximate surface area is 242 Å². The maximum Gasteiger partial charge on any atom is 0.189 e. The van der Waals surface area contributed by atoms with E-state index in [0.717, 1.165) is 69.0 Å².